The highest BCUT2D eigenvalue weighted by Crippen LogP contribution is 2.31. The molecule has 1 fully saturated rings. The van der Waals surface area contributed by atoms with E-state index in [1.807, 2.05) is 6.07 Å². The molecule has 17 heavy (non-hydrogen) atoms. The molecule has 1 aromatic rings. The molecule has 94 valence electrons. The molecule has 2 rings (SSSR count). The number of rotatable bonds is 3. The number of benzene rings is 1. The van der Waals surface area contributed by atoms with Gasteiger partial charge < -0.3 is 4.74 Å². The molecule has 0 heterocycles. The topological polar surface area (TPSA) is 9.23 Å². The third-order valence-corrected chi connectivity index (χ3v) is 4.42. The van der Waals surface area contributed by atoms with Crippen LogP contribution in [0, 0.1) is 11.8 Å². The van der Waals surface area contributed by atoms with Gasteiger partial charge >= 0.3 is 0 Å². The van der Waals surface area contributed by atoms with Gasteiger partial charge in [-0.05, 0) is 48.8 Å². The second-order valence-electron chi connectivity index (χ2n) is 5.33. The van der Waals surface area contributed by atoms with E-state index in [0.717, 1.165) is 22.9 Å². The van der Waals surface area contributed by atoms with Crippen molar-refractivity contribution in [2.75, 3.05) is 0 Å². The molecule has 1 aliphatic carbocycles. The fourth-order valence-electron chi connectivity index (χ4n) is 2.49. The fraction of sp³-hybridized carbons (Fsp3) is 0.600. The van der Waals surface area contributed by atoms with Gasteiger partial charge in [-0.15, -0.1) is 0 Å². The molecule has 1 aliphatic rings. The second kappa shape index (κ2) is 6.01. The average Bonchev–Trinajstić information content (AvgIpc) is 2.31. The molecular weight excluding hydrogens is 276 g/mol. The molecule has 1 saturated carbocycles. The van der Waals surface area contributed by atoms with Crippen LogP contribution in [0.3, 0.4) is 0 Å². The zero-order valence-corrected chi connectivity index (χ0v) is 12.2. The summed E-state index contributed by atoms with van der Waals surface area (Å²) in [5.74, 6) is 1.66. The lowest BCUT2D eigenvalue weighted by Crippen LogP contribution is -2.26. The first kappa shape index (κ1) is 13.1. The lowest BCUT2D eigenvalue weighted by Gasteiger charge is -2.32. The van der Waals surface area contributed by atoms with Crippen molar-refractivity contribution < 1.29 is 4.74 Å². The predicted octanol–water partition coefficient (Wildman–Crippen LogP) is 4.79. The van der Waals surface area contributed by atoms with E-state index in [2.05, 4.69) is 48.0 Å². The van der Waals surface area contributed by atoms with Crippen LogP contribution in [0.25, 0.3) is 0 Å². The Kier molecular flexibility index (Phi) is 4.63. The monoisotopic (exact) mass is 296 g/mol. The lowest BCUT2D eigenvalue weighted by atomic mass is 9.80. The van der Waals surface area contributed by atoms with Crippen molar-refractivity contribution in [2.45, 2.75) is 45.8 Å². The van der Waals surface area contributed by atoms with Crippen molar-refractivity contribution in [3.8, 4) is 0 Å². The Morgan fingerprint density at radius 2 is 2.06 bits per heavy atom. The van der Waals surface area contributed by atoms with E-state index in [1.54, 1.807) is 0 Å². The molecule has 0 spiro atoms. The Morgan fingerprint density at radius 1 is 1.24 bits per heavy atom. The SMILES string of the molecule is CC1CCC(OCc2cccc(Br)c2)CC1C. The Morgan fingerprint density at radius 3 is 2.76 bits per heavy atom. The van der Waals surface area contributed by atoms with Gasteiger partial charge in [0.05, 0.1) is 12.7 Å². The van der Waals surface area contributed by atoms with Crippen LogP contribution < -0.4 is 0 Å². The largest absolute Gasteiger partial charge is 0.374 e. The quantitative estimate of drug-likeness (QED) is 0.779. The summed E-state index contributed by atoms with van der Waals surface area (Å²) in [4.78, 5) is 0. The molecule has 0 amide bonds. The normalized spacial score (nSPS) is 29.2. The van der Waals surface area contributed by atoms with Gasteiger partial charge in [0.25, 0.3) is 0 Å². The highest BCUT2D eigenvalue weighted by Gasteiger charge is 2.24. The fourth-order valence-corrected chi connectivity index (χ4v) is 2.94. The lowest BCUT2D eigenvalue weighted by molar-refractivity contribution is -0.00746. The summed E-state index contributed by atoms with van der Waals surface area (Å²) in [5, 5.41) is 0. The van der Waals surface area contributed by atoms with Gasteiger partial charge in [-0.25, -0.2) is 0 Å². The zero-order chi connectivity index (χ0) is 12.3. The maximum atomic E-state index is 6.02. The van der Waals surface area contributed by atoms with Gasteiger partial charge in [-0.2, -0.15) is 0 Å². The van der Waals surface area contributed by atoms with Gasteiger partial charge in [0, 0.05) is 4.47 Å². The number of hydrogen-bond donors (Lipinski definition) is 0. The summed E-state index contributed by atoms with van der Waals surface area (Å²) in [6.07, 6.45) is 4.21. The first-order chi connectivity index (χ1) is 8.15. The van der Waals surface area contributed by atoms with Crippen molar-refractivity contribution in [1.82, 2.24) is 0 Å². The molecule has 2 heteroatoms. The minimum atomic E-state index is 0.459. The highest BCUT2D eigenvalue weighted by molar-refractivity contribution is 9.10. The Labute approximate surface area is 113 Å². The molecular formula is C15H21BrO. The van der Waals surface area contributed by atoms with Gasteiger partial charge in [-0.1, -0.05) is 41.9 Å². The molecule has 3 unspecified atom stereocenters. The maximum absolute atomic E-state index is 6.02. The van der Waals surface area contributed by atoms with Crippen LogP contribution in [0.1, 0.15) is 38.7 Å². The molecule has 0 radical (unpaired) electrons. The molecule has 0 N–H and O–H groups in total. The summed E-state index contributed by atoms with van der Waals surface area (Å²) in [5.41, 5.74) is 1.26. The predicted molar refractivity (Wildman–Crippen MR) is 74.9 cm³/mol. The molecule has 0 aromatic heterocycles. The van der Waals surface area contributed by atoms with Crippen LogP contribution >= 0.6 is 15.9 Å². The maximum Gasteiger partial charge on any atom is 0.0721 e. The molecule has 1 nitrogen and oxygen atoms in total. The molecule has 0 saturated heterocycles. The van der Waals surface area contributed by atoms with Gasteiger partial charge in [-0.3, -0.25) is 0 Å². The third-order valence-electron chi connectivity index (χ3n) is 3.92. The summed E-state index contributed by atoms with van der Waals surface area (Å²) in [6.45, 7) is 5.44. The van der Waals surface area contributed by atoms with Crippen LogP contribution in [-0.4, -0.2) is 6.10 Å². The minimum absolute atomic E-state index is 0.459. The van der Waals surface area contributed by atoms with E-state index in [1.165, 1.54) is 24.8 Å². The van der Waals surface area contributed by atoms with E-state index < -0.39 is 0 Å². The number of hydrogen-bond acceptors (Lipinski definition) is 1. The van der Waals surface area contributed by atoms with E-state index in [0.29, 0.717) is 6.10 Å². The molecule has 1 aromatic carbocycles. The zero-order valence-electron chi connectivity index (χ0n) is 10.7. The van der Waals surface area contributed by atoms with Crippen LogP contribution in [-0.2, 0) is 11.3 Å². The van der Waals surface area contributed by atoms with Crippen LogP contribution in [0.5, 0.6) is 0 Å². The first-order valence-corrected chi connectivity index (χ1v) is 7.30. The summed E-state index contributed by atoms with van der Waals surface area (Å²) in [7, 11) is 0. The Bertz CT molecular complexity index is 364. The molecule has 0 aliphatic heterocycles. The summed E-state index contributed by atoms with van der Waals surface area (Å²) >= 11 is 3.49. The minimum Gasteiger partial charge on any atom is -0.374 e. The van der Waals surface area contributed by atoms with E-state index in [4.69, 9.17) is 4.74 Å². The van der Waals surface area contributed by atoms with Gasteiger partial charge in [0.2, 0.25) is 0 Å². The van der Waals surface area contributed by atoms with Gasteiger partial charge in [0.15, 0.2) is 0 Å². The number of halogens is 1. The summed E-state index contributed by atoms with van der Waals surface area (Å²) in [6, 6.07) is 8.37. The van der Waals surface area contributed by atoms with E-state index >= 15 is 0 Å². The van der Waals surface area contributed by atoms with Crippen molar-refractivity contribution in [3.63, 3.8) is 0 Å². The van der Waals surface area contributed by atoms with Crippen molar-refractivity contribution in [3.05, 3.63) is 34.3 Å². The van der Waals surface area contributed by atoms with Crippen LogP contribution in [0.2, 0.25) is 0 Å². The third kappa shape index (κ3) is 3.82. The van der Waals surface area contributed by atoms with Crippen LogP contribution in [0.15, 0.2) is 28.7 Å². The van der Waals surface area contributed by atoms with Crippen molar-refractivity contribution in [1.29, 1.82) is 0 Å². The summed E-state index contributed by atoms with van der Waals surface area (Å²) < 4.78 is 7.15. The van der Waals surface area contributed by atoms with Crippen molar-refractivity contribution in [2.24, 2.45) is 11.8 Å². The van der Waals surface area contributed by atoms with Crippen LogP contribution in [0.4, 0.5) is 0 Å². The average molecular weight is 297 g/mol. The standard InChI is InChI=1S/C15H21BrO/c1-11-6-7-15(8-12(11)2)17-10-13-4-3-5-14(16)9-13/h3-5,9,11-12,15H,6-8,10H2,1-2H3. The first-order valence-electron chi connectivity index (χ1n) is 6.51. The van der Waals surface area contributed by atoms with E-state index in [-0.39, 0.29) is 0 Å². The van der Waals surface area contributed by atoms with Crippen molar-refractivity contribution >= 4 is 15.9 Å². The molecule has 3 atom stereocenters. The smallest absolute Gasteiger partial charge is 0.0721 e. The van der Waals surface area contributed by atoms with Gasteiger partial charge in [0.1, 0.15) is 0 Å². The Balaban J connectivity index is 1.82. The second-order valence-corrected chi connectivity index (χ2v) is 6.25. The highest BCUT2D eigenvalue weighted by atomic mass is 79.9. The number of ether oxygens (including phenoxy) is 1. The Hall–Kier alpha value is -0.340. The van der Waals surface area contributed by atoms with E-state index in [9.17, 15) is 0 Å². The molecule has 0 bridgehead atoms.